The van der Waals surface area contributed by atoms with Gasteiger partial charge in [0, 0.05) is 42.7 Å². The number of carbonyl (C=O) groups excluding carboxylic acids is 1. The van der Waals surface area contributed by atoms with Crippen LogP contribution in [0.4, 0.5) is 0 Å². The van der Waals surface area contributed by atoms with Gasteiger partial charge in [0.1, 0.15) is 0 Å². The summed E-state index contributed by atoms with van der Waals surface area (Å²) in [6, 6.07) is 1.69. The number of aliphatic hydroxyl groups is 1. The number of amides is 1. The van der Waals surface area contributed by atoms with Crippen molar-refractivity contribution in [1.29, 1.82) is 0 Å². The fraction of sp³-hybridized carbons (Fsp3) is 0.267. The average molecular weight is 301 g/mol. The zero-order valence-electron chi connectivity index (χ0n) is 11.4. The van der Waals surface area contributed by atoms with Crippen LogP contribution in [0.5, 0.6) is 0 Å². The molecular weight excluding hydrogens is 286 g/mol. The predicted octanol–water partition coefficient (Wildman–Crippen LogP) is 1.24. The number of carbonyl (C=O) groups is 1. The summed E-state index contributed by atoms with van der Waals surface area (Å²) in [6.45, 7) is 0.556. The van der Waals surface area contributed by atoms with E-state index in [0.29, 0.717) is 30.5 Å². The van der Waals surface area contributed by atoms with Crippen LogP contribution < -0.4 is 5.32 Å². The Bertz CT molecular complexity index is 644. The summed E-state index contributed by atoms with van der Waals surface area (Å²) in [5, 5.41) is 13.5. The molecule has 0 aliphatic carbocycles. The van der Waals surface area contributed by atoms with Gasteiger partial charge < -0.3 is 10.4 Å². The van der Waals surface area contributed by atoms with Crippen LogP contribution in [0.15, 0.2) is 29.4 Å². The normalized spacial score (nSPS) is 9.76. The Hall–Kier alpha value is -2.23. The van der Waals surface area contributed by atoms with Crippen molar-refractivity contribution in [3.8, 4) is 11.8 Å². The Kier molecular flexibility index (Phi) is 5.88. The van der Waals surface area contributed by atoms with E-state index in [4.69, 9.17) is 5.11 Å². The van der Waals surface area contributed by atoms with E-state index in [1.807, 2.05) is 5.38 Å². The standard InChI is InChI=1S/C15H15N3O2S/c19-6-2-1-3-12-7-13(9-16-8-12)15(20)17-5-4-14-10-21-11-18-14/h7-11,19H,2,4-6H2,(H,17,20). The molecule has 0 spiro atoms. The second-order valence-corrected chi connectivity index (χ2v) is 4.94. The topological polar surface area (TPSA) is 75.1 Å². The van der Waals surface area contributed by atoms with Gasteiger partial charge in [-0.3, -0.25) is 9.78 Å². The van der Waals surface area contributed by atoms with Gasteiger partial charge >= 0.3 is 0 Å². The van der Waals surface area contributed by atoms with Crippen molar-refractivity contribution in [3.63, 3.8) is 0 Å². The lowest BCUT2D eigenvalue weighted by molar-refractivity contribution is 0.0953. The first-order chi connectivity index (χ1) is 10.3. The number of aliphatic hydroxyl groups excluding tert-OH is 1. The highest BCUT2D eigenvalue weighted by Gasteiger charge is 2.06. The van der Waals surface area contributed by atoms with E-state index >= 15 is 0 Å². The third-order valence-electron chi connectivity index (χ3n) is 2.62. The van der Waals surface area contributed by atoms with Crippen molar-refractivity contribution in [2.24, 2.45) is 0 Å². The van der Waals surface area contributed by atoms with Gasteiger partial charge in [0.15, 0.2) is 0 Å². The molecular formula is C15H15N3O2S. The molecule has 2 N–H and O–H groups in total. The zero-order chi connectivity index (χ0) is 14.9. The lowest BCUT2D eigenvalue weighted by atomic mass is 10.2. The summed E-state index contributed by atoms with van der Waals surface area (Å²) >= 11 is 1.54. The highest BCUT2D eigenvalue weighted by Crippen LogP contribution is 2.03. The predicted molar refractivity (Wildman–Crippen MR) is 81.0 cm³/mol. The molecule has 21 heavy (non-hydrogen) atoms. The lowest BCUT2D eigenvalue weighted by Gasteiger charge is -2.04. The lowest BCUT2D eigenvalue weighted by Crippen LogP contribution is -2.25. The molecule has 0 aliphatic rings. The SMILES string of the molecule is O=C(NCCc1cscn1)c1cncc(C#CCCO)c1. The molecule has 6 heteroatoms. The monoisotopic (exact) mass is 301 g/mol. The average Bonchev–Trinajstić information content (AvgIpc) is 3.01. The molecule has 0 saturated heterocycles. The van der Waals surface area contributed by atoms with E-state index in [1.54, 1.807) is 17.8 Å². The zero-order valence-corrected chi connectivity index (χ0v) is 12.2. The van der Waals surface area contributed by atoms with Gasteiger partial charge in [-0.15, -0.1) is 11.3 Å². The number of hydrogen-bond acceptors (Lipinski definition) is 5. The van der Waals surface area contributed by atoms with E-state index in [-0.39, 0.29) is 12.5 Å². The summed E-state index contributed by atoms with van der Waals surface area (Å²) in [7, 11) is 0. The number of aromatic nitrogens is 2. The van der Waals surface area contributed by atoms with Crippen LogP contribution in [-0.2, 0) is 6.42 Å². The van der Waals surface area contributed by atoms with Gasteiger partial charge in [0.2, 0.25) is 0 Å². The second-order valence-electron chi connectivity index (χ2n) is 4.22. The van der Waals surface area contributed by atoms with E-state index in [2.05, 4.69) is 27.1 Å². The second kappa shape index (κ2) is 8.15. The van der Waals surface area contributed by atoms with Gasteiger partial charge in [-0.2, -0.15) is 0 Å². The minimum Gasteiger partial charge on any atom is -0.395 e. The van der Waals surface area contributed by atoms with Crippen LogP contribution in [0.1, 0.15) is 28.0 Å². The van der Waals surface area contributed by atoms with Gasteiger partial charge in [-0.25, -0.2) is 4.98 Å². The van der Waals surface area contributed by atoms with Gasteiger partial charge in [-0.05, 0) is 6.07 Å². The van der Waals surface area contributed by atoms with Crippen molar-refractivity contribution in [2.75, 3.05) is 13.2 Å². The summed E-state index contributed by atoms with van der Waals surface area (Å²) in [5.74, 6) is 5.48. The van der Waals surface area contributed by atoms with Crippen molar-refractivity contribution in [3.05, 3.63) is 46.2 Å². The van der Waals surface area contributed by atoms with Gasteiger partial charge in [0.25, 0.3) is 5.91 Å². The van der Waals surface area contributed by atoms with E-state index in [1.165, 1.54) is 17.5 Å². The Labute approximate surface area is 127 Å². The number of rotatable bonds is 5. The number of nitrogens with zero attached hydrogens (tertiary/aromatic N) is 2. The molecule has 0 bridgehead atoms. The molecule has 0 saturated carbocycles. The third kappa shape index (κ3) is 4.99. The van der Waals surface area contributed by atoms with Gasteiger partial charge in [0.05, 0.1) is 23.4 Å². The molecule has 108 valence electrons. The minimum atomic E-state index is -0.177. The van der Waals surface area contributed by atoms with E-state index in [0.717, 1.165) is 5.69 Å². The fourth-order valence-corrected chi connectivity index (χ4v) is 2.21. The molecule has 2 aromatic heterocycles. The molecule has 0 unspecified atom stereocenters. The third-order valence-corrected chi connectivity index (χ3v) is 3.26. The number of pyridine rings is 1. The highest BCUT2D eigenvalue weighted by molar-refractivity contribution is 7.07. The molecule has 2 rings (SSSR count). The molecule has 0 fully saturated rings. The summed E-state index contributed by atoms with van der Waals surface area (Å²) in [5.41, 5.74) is 3.89. The Morgan fingerprint density at radius 3 is 3.10 bits per heavy atom. The number of hydrogen-bond donors (Lipinski definition) is 2. The maximum atomic E-state index is 12.0. The summed E-state index contributed by atoms with van der Waals surface area (Å²) in [6.07, 6.45) is 4.22. The maximum Gasteiger partial charge on any atom is 0.252 e. The Morgan fingerprint density at radius 1 is 1.43 bits per heavy atom. The van der Waals surface area contributed by atoms with Gasteiger partial charge in [-0.1, -0.05) is 11.8 Å². The van der Waals surface area contributed by atoms with E-state index in [9.17, 15) is 4.79 Å². The minimum absolute atomic E-state index is 0.0250. The first-order valence-corrected chi connectivity index (χ1v) is 7.44. The molecule has 2 aromatic rings. The van der Waals surface area contributed by atoms with Crippen molar-refractivity contribution < 1.29 is 9.90 Å². The van der Waals surface area contributed by atoms with Crippen molar-refractivity contribution in [1.82, 2.24) is 15.3 Å². The molecule has 0 radical (unpaired) electrons. The Balaban J connectivity index is 1.90. The first-order valence-electron chi connectivity index (χ1n) is 6.49. The maximum absolute atomic E-state index is 12.0. The van der Waals surface area contributed by atoms with Crippen molar-refractivity contribution >= 4 is 17.2 Å². The number of nitrogens with one attached hydrogen (secondary N) is 1. The molecule has 0 aliphatic heterocycles. The largest absolute Gasteiger partial charge is 0.395 e. The van der Waals surface area contributed by atoms with Crippen LogP contribution in [-0.4, -0.2) is 34.1 Å². The van der Waals surface area contributed by atoms with Crippen LogP contribution in [0, 0.1) is 11.8 Å². The smallest absolute Gasteiger partial charge is 0.252 e. The number of thiazole rings is 1. The molecule has 5 nitrogen and oxygen atoms in total. The first kappa shape index (κ1) is 15.2. The molecule has 0 atom stereocenters. The van der Waals surface area contributed by atoms with Crippen LogP contribution in [0.2, 0.25) is 0 Å². The van der Waals surface area contributed by atoms with Crippen molar-refractivity contribution in [2.45, 2.75) is 12.8 Å². The highest BCUT2D eigenvalue weighted by atomic mass is 32.1. The van der Waals surface area contributed by atoms with Crippen LogP contribution >= 0.6 is 11.3 Å². The molecule has 0 aromatic carbocycles. The summed E-state index contributed by atoms with van der Waals surface area (Å²) in [4.78, 5) is 20.2. The quantitative estimate of drug-likeness (QED) is 0.815. The van der Waals surface area contributed by atoms with Crippen LogP contribution in [0.25, 0.3) is 0 Å². The van der Waals surface area contributed by atoms with Crippen LogP contribution in [0.3, 0.4) is 0 Å². The summed E-state index contributed by atoms with van der Waals surface area (Å²) < 4.78 is 0. The van der Waals surface area contributed by atoms with E-state index < -0.39 is 0 Å². The molecule has 1 amide bonds. The molecule has 2 heterocycles. The Morgan fingerprint density at radius 2 is 2.33 bits per heavy atom. The fourth-order valence-electron chi connectivity index (χ4n) is 1.62.